The minimum Gasteiger partial charge on any atom is -0.465 e. The van der Waals surface area contributed by atoms with E-state index >= 15 is 0 Å². The molecule has 4 nitrogen and oxygen atoms in total. The van der Waals surface area contributed by atoms with Gasteiger partial charge in [-0.2, -0.15) is 0 Å². The Hall–Kier alpha value is -1.58. The molecule has 0 aliphatic carbocycles. The number of ether oxygens (including phenoxy) is 1. The number of carbonyl (C=O) groups excluding carboxylic acids is 1. The van der Waals surface area contributed by atoms with Crippen LogP contribution < -0.4 is 5.49 Å². The van der Waals surface area contributed by atoms with E-state index in [2.05, 4.69) is 0 Å². The average molecular weight is 210 g/mol. The standard InChI is InChI=1S/C9H12N2O2.C2H6/c1-2-13-9(12)7-11-6-4-3-5-8(11)10;1-2/h3-6,10H,2,7H2,1H3;1-2H3. The number of nitrogens with one attached hydrogen (secondary N) is 1. The van der Waals surface area contributed by atoms with Crippen molar-refractivity contribution in [1.82, 2.24) is 4.57 Å². The Kier molecular flexibility index (Phi) is 6.97. The van der Waals surface area contributed by atoms with Crippen LogP contribution in [0.15, 0.2) is 24.4 Å². The van der Waals surface area contributed by atoms with Gasteiger partial charge in [0, 0.05) is 6.20 Å². The van der Waals surface area contributed by atoms with Gasteiger partial charge in [-0.3, -0.25) is 10.2 Å². The van der Waals surface area contributed by atoms with Crippen LogP contribution in [-0.4, -0.2) is 17.1 Å². The summed E-state index contributed by atoms with van der Waals surface area (Å²) in [5, 5.41) is 7.45. The van der Waals surface area contributed by atoms with Crippen LogP contribution in [0.1, 0.15) is 20.8 Å². The molecule has 0 spiro atoms. The first-order chi connectivity index (χ1) is 7.24. The Labute approximate surface area is 90.0 Å². The van der Waals surface area contributed by atoms with Crippen LogP contribution in [0.2, 0.25) is 0 Å². The molecule has 1 aromatic heterocycles. The van der Waals surface area contributed by atoms with Gasteiger partial charge in [0.05, 0.1) is 6.61 Å². The van der Waals surface area contributed by atoms with E-state index in [4.69, 9.17) is 10.1 Å². The third kappa shape index (κ3) is 5.00. The Morgan fingerprint density at radius 3 is 2.67 bits per heavy atom. The van der Waals surface area contributed by atoms with Crippen molar-refractivity contribution in [3.63, 3.8) is 0 Å². The number of nitrogens with zero attached hydrogens (tertiary/aromatic N) is 1. The van der Waals surface area contributed by atoms with Crippen LogP contribution in [-0.2, 0) is 16.1 Å². The minimum atomic E-state index is -0.313. The summed E-state index contributed by atoms with van der Waals surface area (Å²) in [7, 11) is 0. The van der Waals surface area contributed by atoms with Gasteiger partial charge in [-0.15, -0.1) is 0 Å². The summed E-state index contributed by atoms with van der Waals surface area (Å²) >= 11 is 0. The number of esters is 1. The van der Waals surface area contributed by atoms with Crippen LogP contribution >= 0.6 is 0 Å². The molecular formula is C11H18N2O2. The molecule has 0 radical (unpaired) electrons. The van der Waals surface area contributed by atoms with E-state index in [-0.39, 0.29) is 12.5 Å². The van der Waals surface area contributed by atoms with E-state index in [9.17, 15) is 4.79 Å². The van der Waals surface area contributed by atoms with Crippen molar-refractivity contribution in [2.24, 2.45) is 0 Å². The molecule has 0 atom stereocenters. The number of hydrogen-bond donors (Lipinski definition) is 1. The zero-order valence-electron chi connectivity index (χ0n) is 9.49. The maximum absolute atomic E-state index is 11.0. The fourth-order valence-corrected chi connectivity index (χ4v) is 0.960. The second-order valence-electron chi connectivity index (χ2n) is 2.52. The fourth-order valence-electron chi connectivity index (χ4n) is 0.960. The molecule has 1 aromatic rings. The number of rotatable bonds is 3. The Morgan fingerprint density at radius 2 is 2.13 bits per heavy atom. The van der Waals surface area contributed by atoms with Gasteiger partial charge >= 0.3 is 5.97 Å². The van der Waals surface area contributed by atoms with Gasteiger partial charge in [0.2, 0.25) is 0 Å². The Balaban J connectivity index is 0.000000921. The van der Waals surface area contributed by atoms with Gasteiger partial charge in [-0.25, -0.2) is 0 Å². The van der Waals surface area contributed by atoms with Gasteiger partial charge in [0.15, 0.2) is 0 Å². The van der Waals surface area contributed by atoms with Gasteiger partial charge in [-0.05, 0) is 19.1 Å². The van der Waals surface area contributed by atoms with Crippen molar-refractivity contribution in [2.75, 3.05) is 6.61 Å². The highest BCUT2D eigenvalue weighted by molar-refractivity contribution is 5.69. The van der Waals surface area contributed by atoms with Crippen molar-refractivity contribution in [1.29, 1.82) is 5.41 Å². The van der Waals surface area contributed by atoms with Crippen LogP contribution in [0.3, 0.4) is 0 Å². The van der Waals surface area contributed by atoms with E-state index in [0.717, 1.165) is 0 Å². The van der Waals surface area contributed by atoms with Crippen molar-refractivity contribution in [2.45, 2.75) is 27.3 Å². The van der Waals surface area contributed by atoms with Crippen molar-refractivity contribution < 1.29 is 9.53 Å². The second kappa shape index (κ2) is 7.79. The lowest BCUT2D eigenvalue weighted by Gasteiger charge is -2.04. The largest absolute Gasteiger partial charge is 0.465 e. The monoisotopic (exact) mass is 210 g/mol. The summed E-state index contributed by atoms with van der Waals surface area (Å²) in [6.07, 6.45) is 1.68. The molecule has 0 saturated heterocycles. The van der Waals surface area contributed by atoms with E-state index in [1.165, 1.54) is 4.57 Å². The van der Waals surface area contributed by atoms with E-state index < -0.39 is 0 Å². The summed E-state index contributed by atoms with van der Waals surface area (Å²) in [5.74, 6) is -0.313. The molecule has 15 heavy (non-hydrogen) atoms. The van der Waals surface area contributed by atoms with Crippen LogP contribution in [0.4, 0.5) is 0 Å². The highest BCUT2D eigenvalue weighted by Crippen LogP contribution is 1.85. The average Bonchev–Trinajstić information content (AvgIpc) is 2.25. The zero-order valence-corrected chi connectivity index (χ0v) is 9.49. The Bertz CT molecular complexity index is 344. The number of pyridine rings is 1. The smallest absolute Gasteiger partial charge is 0.325 e. The molecule has 0 unspecified atom stereocenters. The van der Waals surface area contributed by atoms with Crippen LogP contribution in [0, 0.1) is 5.41 Å². The van der Waals surface area contributed by atoms with Crippen molar-refractivity contribution in [3.8, 4) is 0 Å². The van der Waals surface area contributed by atoms with E-state index in [1.54, 1.807) is 31.3 Å². The SMILES string of the molecule is CC.CCOC(=O)Cn1ccccc1=N. The molecule has 0 aliphatic rings. The highest BCUT2D eigenvalue weighted by Gasteiger charge is 2.01. The molecule has 0 fully saturated rings. The summed E-state index contributed by atoms with van der Waals surface area (Å²) in [6, 6.07) is 5.15. The highest BCUT2D eigenvalue weighted by atomic mass is 16.5. The summed E-state index contributed by atoms with van der Waals surface area (Å²) in [5.41, 5.74) is 0.301. The summed E-state index contributed by atoms with van der Waals surface area (Å²) in [4.78, 5) is 11.0. The lowest BCUT2D eigenvalue weighted by molar-refractivity contribution is -0.143. The number of hydrogen-bond acceptors (Lipinski definition) is 3. The van der Waals surface area contributed by atoms with E-state index in [0.29, 0.717) is 12.1 Å². The first kappa shape index (κ1) is 13.4. The molecule has 0 amide bonds. The van der Waals surface area contributed by atoms with Crippen molar-refractivity contribution >= 4 is 5.97 Å². The van der Waals surface area contributed by atoms with E-state index in [1.807, 2.05) is 13.8 Å². The quantitative estimate of drug-likeness (QED) is 0.770. The lowest BCUT2D eigenvalue weighted by Crippen LogP contribution is -2.23. The minimum absolute atomic E-state index is 0.105. The maximum Gasteiger partial charge on any atom is 0.325 e. The maximum atomic E-state index is 11.0. The summed E-state index contributed by atoms with van der Waals surface area (Å²) < 4.78 is 6.28. The molecule has 0 aromatic carbocycles. The molecule has 0 aliphatic heterocycles. The molecule has 1 rings (SSSR count). The van der Waals surface area contributed by atoms with Gasteiger partial charge in [0.25, 0.3) is 0 Å². The first-order valence-corrected chi connectivity index (χ1v) is 5.09. The number of aromatic nitrogens is 1. The predicted octanol–water partition coefficient (Wildman–Crippen LogP) is 1.56. The molecule has 4 heteroatoms. The summed E-state index contributed by atoms with van der Waals surface area (Å²) in [6.45, 7) is 6.24. The molecule has 0 bridgehead atoms. The molecular weight excluding hydrogens is 192 g/mol. The topological polar surface area (TPSA) is 55.1 Å². The lowest BCUT2D eigenvalue weighted by atomic mass is 10.4. The predicted molar refractivity (Wildman–Crippen MR) is 58.3 cm³/mol. The second-order valence-corrected chi connectivity index (χ2v) is 2.52. The van der Waals surface area contributed by atoms with Gasteiger partial charge in [0.1, 0.15) is 12.0 Å². The third-order valence-electron chi connectivity index (χ3n) is 1.55. The molecule has 0 saturated carbocycles. The molecule has 84 valence electrons. The van der Waals surface area contributed by atoms with Crippen LogP contribution in [0.5, 0.6) is 0 Å². The molecule has 1 heterocycles. The number of carbonyl (C=O) groups is 1. The first-order valence-electron chi connectivity index (χ1n) is 5.09. The van der Waals surface area contributed by atoms with Gasteiger partial charge in [-0.1, -0.05) is 19.9 Å². The van der Waals surface area contributed by atoms with Crippen molar-refractivity contribution in [3.05, 3.63) is 29.9 Å². The molecule has 1 N–H and O–H groups in total. The third-order valence-corrected chi connectivity index (χ3v) is 1.55. The normalized spacial score (nSPS) is 8.73. The fraction of sp³-hybridized carbons (Fsp3) is 0.455. The zero-order chi connectivity index (χ0) is 11.7. The Morgan fingerprint density at radius 1 is 1.47 bits per heavy atom. The van der Waals surface area contributed by atoms with Crippen LogP contribution in [0.25, 0.3) is 0 Å². The van der Waals surface area contributed by atoms with Gasteiger partial charge < -0.3 is 9.30 Å².